The van der Waals surface area contributed by atoms with Crippen LogP contribution in [0.25, 0.3) is 0 Å². The van der Waals surface area contributed by atoms with Crippen molar-refractivity contribution < 1.29 is 9.90 Å². The summed E-state index contributed by atoms with van der Waals surface area (Å²) in [5, 5.41) is 8.67. The molecule has 0 aromatic heterocycles. The van der Waals surface area contributed by atoms with E-state index in [0.29, 0.717) is 18.3 Å². The van der Waals surface area contributed by atoms with Crippen LogP contribution in [0.4, 0.5) is 0 Å². The average Bonchev–Trinajstić information content (AvgIpc) is 2.04. The van der Waals surface area contributed by atoms with Gasteiger partial charge in [0.1, 0.15) is 0 Å². The van der Waals surface area contributed by atoms with Crippen LogP contribution in [0.1, 0.15) is 46.0 Å². The van der Waals surface area contributed by atoms with Crippen LogP contribution in [-0.4, -0.2) is 11.1 Å². The highest BCUT2D eigenvalue weighted by Crippen LogP contribution is 2.34. The summed E-state index contributed by atoms with van der Waals surface area (Å²) < 4.78 is 0. The maximum absolute atomic E-state index is 10.5. The Hall–Kier alpha value is -0.530. The Kier molecular flexibility index (Phi) is 3.76. The van der Waals surface area contributed by atoms with Gasteiger partial charge in [0.2, 0.25) is 0 Å². The molecule has 0 heterocycles. The maximum Gasteiger partial charge on any atom is 0.303 e. The first-order valence-electron chi connectivity index (χ1n) is 5.31. The van der Waals surface area contributed by atoms with Gasteiger partial charge in [0.15, 0.2) is 0 Å². The highest BCUT2D eigenvalue weighted by Gasteiger charge is 2.24. The van der Waals surface area contributed by atoms with Gasteiger partial charge in [0.25, 0.3) is 0 Å². The van der Waals surface area contributed by atoms with Crippen LogP contribution in [0, 0.1) is 17.8 Å². The molecule has 0 bridgehead atoms. The molecule has 1 atom stereocenters. The molecule has 1 fully saturated rings. The number of rotatable bonds is 3. The molecular formula is C11H20O2. The summed E-state index contributed by atoms with van der Waals surface area (Å²) in [6.07, 6.45) is 5.38. The third-order valence-corrected chi connectivity index (χ3v) is 3.36. The fourth-order valence-electron chi connectivity index (χ4n) is 2.30. The summed E-state index contributed by atoms with van der Waals surface area (Å²) in [5.74, 6) is 1.23. The van der Waals surface area contributed by atoms with Crippen molar-refractivity contribution in [2.45, 2.75) is 46.0 Å². The summed E-state index contributed by atoms with van der Waals surface area (Å²) in [7, 11) is 0. The molecule has 1 saturated carbocycles. The molecule has 0 amide bonds. The standard InChI is InChI=1S/C11H20O2/c1-8-3-5-10(6-4-8)9(2)7-11(12)13/h8-10H,3-7H2,1-2H3,(H,12,13). The number of hydrogen-bond acceptors (Lipinski definition) is 1. The van der Waals surface area contributed by atoms with Gasteiger partial charge >= 0.3 is 5.97 Å². The van der Waals surface area contributed by atoms with Crippen molar-refractivity contribution >= 4 is 5.97 Å². The first-order chi connectivity index (χ1) is 6.09. The number of carboxylic acids is 1. The molecule has 0 aromatic carbocycles. The molecule has 0 radical (unpaired) electrons. The number of hydrogen-bond donors (Lipinski definition) is 1. The lowest BCUT2D eigenvalue weighted by Gasteiger charge is -2.29. The summed E-state index contributed by atoms with van der Waals surface area (Å²) in [6.45, 7) is 4.37. The zero-order valence-electron chi connectivity index (χ0n) is 8.62. The van der Waals surface area contributed by atoms with Gasteiger partial charge in [-0.2, -0.15) is 0 Å². The lowest BCUT2D eigenvalue weighted by atomic mass is 9.76. The van der Waals surface area contributed by atoms with E-state index in [-0.39, 0.29) is 0 Å². The topological polar surface area (TPSA) is 37.3 Å². The number of carbonyl (C=O) groups is 1. The van der Waals surface area contributed by atoms with E-state index < -0.39 is 5.97 Å². The van der Waals surface area contributed by atoms with Gasteiger partial charge in [-0.1, -0.05) is 26.7 Å². The molecular weight excluding hydrogens is 164 g/mol. The van der Waals surface area contributed by atoms with Crippen LogP contribution in [0.2, 0.25) is 0 Å². The summed E-state index contributed by atoms with van der Waals surface area (Å²) in [5.41, 5.74) is 0. The number of aliphatic carboxylic acids is 1. The van der Waals surface area contributed by atoms with E-state index in [1.807, 2.05) is 0 Å². The van der Waals surface area contributed by atoms with E-state index in [0.717, 1.165) is 5.92 Å². The van der Waals surface area contributed by atoms with Gasteiger partial charge in [0.05, 0.1) is 0 Å². The third-order valence-electron chi connectivity index (χ3n) is 3.36. The molecule has 0 spiro atoms. The second kappa shape index (κ2) is 4.64. The minimum atomic E-state index is -0.647. The molecule has 1 N–H and O–H groups in total. The highest BCUT2D eigenvalue weighted by molar-refractivity contribution is 5.66. The van der Waals surface area contributed by atoms with E-state index in [1.54, 1.807) is 0 Å². The molecule has 2 nitrogen and oxygen atoms in total. The normalized spacial score (nSPS) is 31.2. The monoisotopic (exact) mass is 184 g/mol. The van der Waals surface area contributed by atoms with Crippen molar-refractivity contribution in [3.63, 3.8) is 0 Å². The van der Waals surface area contributed by atoms with Gasteiger partial charge in [0, 0.05) is 6.42 Å². The summed E-state index contributed by atoms with van der Waals surface area (Å²) in [6, 6.07) is 0. The predicted octanol–water partition coefficient (Wildman–Crippen LogP) is 2.92. The zero-order valence-corrected chi connectivity index (χ0v) is 8.62. The van der Waals surface area contributed by atoms with Gasteiger partial charge in [-0.05, 0) is 30.6 Å². The largest absolute Gasteiger partial charge is 0.481 e. The fourth-order valence-corrected chi connectivity index (χ4v) is 2.30. The Morgan fingerprint density at radius 3 is 2.38 bits per heavy atom. The van der Waals surface area contributed by atoms with Gasteiger partial charge in [-0.3, -0.25) is 4.79 Å². The molecule has 13 heavy (non-hydrogen) atoms. The minimum Gasteiger partial charge on any atom is -0.481 e. The van der Waals surface area contributed by atoms with Crippen molar-refractivity contribution in [2.75, 3.05) is 0 Å². The lowest BCUT2D eigenvalue weighted by Crippen LogP contribution is -2.20. The van der Waals surface area contributed by atoms with Crippen molar-refractivity contribution in [2.24, 2.45) is 17.8 Å². The SMILES string of the molecule is CC1CCC(C(C)CC(=O)O)CC1. The van der Waals surface area contributed by atoms with Crippen LogP contribution >= 0.6 is 0 Å². The van der Waals surface area contributed by atoms with Crippen molar-refractivity contribution in [1.29, 1.82) is 0 Å². The maximum atomic E-state index is 10.5. The molecule has 0 saturated heterocycles. The van der Waals surface area contributed by atoms with Gasteiger partial charge in [-0.25, -0.2) is 0 Å². The van der Waals surface area contributed by atoms with Crippen LogP contribution in [0.3, 0.4) is 0 Å². The third kappa shape index (κ3) is 3.37. The van der Waals surface area contributed by atoms with Crippen molar-refractivity contribution in [3.05, 3.63) is 0 Å². The molecule has 2 heteroatoms. The van der Waals surface area contributed by atoms with Crippen molar-refractivity contribution in [3.8, 4) is 0 Å². The molecule has 1 rings (SSSR count). The van der Waals surface area contributed by atoms with Crippen LogP contribution < -0.4 is 0 Å². The van der Waals surface area contributed by atoms with E-state index in [1.165, 1.54) is 25.7 Å². The first-order valence-corrected chi connectivity index (χ1v) is 5.31. The first kappa shape index (κ1) is 10.6. The van der Waals surface area contributed by atoms with Gasteiger partial charge in [-0.15, -0.1) is 0 Å². The molecule has 0 aromatic rings. The molecule has 1 aliphatic rings. The number of carboxylic acid groups (broad SMARTS) is 1. The Balaban J connectivity index is 2.31. The highest BCUT2D eigenvalue weighted by atomic mass is 16.4. The van der Waals surface area contributed by atoms with Crippen LogP contribution in [0.15, 0.2) is 0 Å². The van der Waals surface area contributed by atoms with E-state index in [9.17, 15) is 4.79 Å². The van der Waals surface area contributed by atoms with Crippen LogP contribution in [-0.2, 0) is 4.79 Å². The predicted molar refractivity (Wildman–Crippen MR) is 52.5 cm³/mol. The Labute approximate surface area is 80.3 Å². The van der Waals surface area contributed by atoms with E-state index >= 15 is 0 Å². The van der Waals surface area contributed by atoms with Crippen LogP contribution in [0.5, 0.6) is 0 Å². The molecule has 0 aliphatic heterocycles. The van der Waals surface area contributed by atoms with Crippen molar-refractivity contribution in [1.82, 2.24) is 0 Å². The summed E-state index contributed by atoms with van der Waals surface area (Å²) in [4.78, 5) is 10.5. The van der Waals surface area contributed by atoms with Gasteiger partial charge < -0.3 is 5.11 Å². The minimum absolute atomic E-state index is 0.346. The second-order valence-corrected chi connectivity index (χ2v) is 4.60. The van der Waals surface area contributed by atoms with E-state index in [2.05, 4.69) is 13.8 Å². The average molecular weight is 184 g/mol. The second-order valence-electron chi connectivity index (χ2n) is 4.60. The Bertz CT molecular complexity index is 169. The molecule has 1 aliphatic carbocycles. The smallest absolute Gasteiger partial charge is 0.303 e. The molecule has 1 unspecified atom stereocenters. The Morgan fingerprint density at radius 2 is 1.92 bits per heavy atom. The summed E-state index contributed by atoms with van der Waals surface area (Å²) >= 11 is 0. The molecule has 76 valence electrons. The fraction of sp³-hybridized carbons (Fsp3) is 0.909. The lowest BCUT2D eigenvalue weighted by molar-refractivity contribution is -0.138. The Morgan fingerprint density at radius 1 is 1.38 bits per heavy atom. The van der Waals surface area contributed by atoms with E-state index in [4.69, 9.17) is 5.11 Å². The quantitative estimate of drug-likeness (QED) is 0.732. The zero-order chi connectivity index (χ0) is 9.84.